The summed E-state index contributed by atoms with van der Waals surface area (Å²) in [4.78, 5) is 53.0. The standard InChI is InChI=1S/C21H25ClN4O4/c1-9-11(22)6-5-10-16(9)24-19(30)21(10)15-14(12(25-21)7-8-13(23)27)17(28)26(18(15)29)20(2,3)4/h5-6,12,14-15,25H,7-8H2,1-4H3,(H2,23,27)(H,24,30). The monoisotopic (exact) mass is 432 g/mol. The van der Waals surface area contributed by atoms with E-state index in [2.05, 4.69) is 10.6 Å². The predicted octanol–water partition coefficient (Wildman–Crippen LogP) is 1.43. The molecule has 4 amide bonds. The topological polar surface area (TPSA) is 122 Å². The van der Waals surface area contributed by atoms with Gasteiger partial charge in [0.2, 0.25) is 23.6 Å². The van der Waals surface area contributed by atoms with Gasteiger partial charge in [-0.15, -0.1) is 0 Å². The van der Waals surface area contributed by atoms with Crippen LogP contribution >= 0.6 is 11.6 Å². The zero-order valence-electron chi connectivity index (χ0n) is 17.3. The molecule has 0 aromatic heterocycles. The summed E-state index contributed by atoms with van der Waals surface area (Å²) in [7, 11) is 0. The molecule has 2 saturated heterocycles. The maximum Gasteiger partial charge on any atom is 0.250 e. The molecule has 3 heterocycles. The SMILES string of the molecule is Cc1c(Cl)ccc2c1NC(=O)C21NC(CCC(N)=O)C2C(=O)N(C(C)(C)C)C(=O)C21. The maximum absolute atomic E-state index is 13.6. The molecule has 3 aliphatic rings. The van der Waals surface area contributed by atoms with E-state index in [1.807, 2.05) is 0 Å². The van der Waals surface area contributed by atoms with Crippen molar-refractivity contribution in [2.24, 2.45) is 17.6 Å². The first-order chi connectivity index (χ1) is 13.9. The third-order valence-electron chi connectivity index (χ3n) is 6.46. The van der Waals surface area contributed by atoms with Gasteiger partial charge in [0.25, 0.3) is 0 Å². The molecule has 0 radical (unpaired) electrons. The average molecular weight is 433 g/mol. The van der Waals surface area contributed by atoms with Crippen LogP contribution in [0.15, 0.2) is 12.1 Å². The quantitative estimate of drug-likeness (QED) is 0.624. The summed E-state index contributed by atoms with van der Waals surface area (Å²) >= 11 is 6.24. The molecule has 4 rings (SSSR count). The molecule has 4 atom stereocenters. The van der Waals surface area contributed by atoms with E-state index < -0.39 is 40.8 Å². The van der Waals surface area contributed by atoms with Gasteiger partial charge in [0.15, 0.2) is 0 Å². The van der Waals surface area contributed by atoms with Gasteiger partial charge in [-0.3, -0.25) is 29.4 Å². The molecule has 8 nitrogen and oxygen atoms in total. The molecule has 9 heteroatoms. The lowest BCUT2D eigenvalue weighted by atomic mass is 9.76. The molecule has 0 saturated carbocycles. The maximum atomic E-state index is 13.6. The molecule has 3 aliphatic heterocycles. The zero-order chi connectivity index (χ0) is 22.2. The second kappa shape index (κ2) is 6.52. The first-order valence-corrected chi connectivity index (χ1v) is 10.3. The van der Waals surface area contributed by atoms with Gasteiger partial charge in [0, 0.05) is 28.6 Å². The Morgan fingerprint density at radius 1 is 1.23 bits per heavy atom. The molecule has 1 aromatic rings. The molecule has 160 valence electrons. The summed E-state index contributed by atoms with van der Waals surface area (Å²) in [5, 5.41) is 6.64. The van der Waals surface area contributed by atoms with Gasteiger partial charge >= 0.3 is 0 Å². The van der Waals surface area contributed by atoms with Gasteiger partial charge < -0.3 is 11.1 Å². The number of fused-ring (bicyclic) bond motifs is 4. The Bertz CT molecular complexity index is 1000. The minimum atomic E-state index is -1.40. The van der Waals surface area contributed by atoms with Crippen molar-refractivity contribution in [3.8, 4) is 0 Å². The number of likely N-dealkylation sites (tertiary alicyclic amines) is 1. The fraction of sp³-hybridized carbons (Fsp3) is 0.524. The Kier molecular flexibility index (Phi) is 4.52. The lowest BCUT2D eigenvalue weighted by Crippen LogP contribution is -2.55. The van der Waals surface area contributed by atoms with Gasteiger partial charge in [-0.05, 0) is 45.7 Å². The van der Waals surface area contributed by atoms with E-state index in [1.165, 1.54) is 4.90 Å². The van der Waals surface area contributed by atoms with E-state index in [1.54, 1.807) is 39.8 Å². The highest BCUT2D eigenvalue weighted by Gasteiger charge is 2.71. The van der Waals surface area contributed by atoms with Crippen LogP contribution in [0.3, 0.4) is 0 Å². The number of hydrogen-bond acceptors (Lipinski definition) is 5. The van der Waals surface area contributed by atoms with Crippen molar-refractivity contribution in [3.05, 3.63) is 28.3 Å². The molecule has 30 heavy (non-hydrogen) atoms. The highest BCUT2D eigenvalue weighted by Crippen LogP contribution is 2.55. The number of nitrogens with zero attached hydrogens (tertiary/aromatic N) is 1. The van der Waals surface area contributed by atoms with E-state index in [-0.39, 0.29) is 24.7 Å². The molecule has 0 aliphatic carbocycles. The molecular weight excluding hydrogens is 408 g/mol. The number of hydrogen-bond donors (Lipinski definition) is 3. The molecule has 2 fully saturated rings. The summed E-state index contributed by atoms with van der Waals surface area (Å²) in [6.07, 6.45) is 0.298. The summed E-state index contributed by atoms with van der Waals surface area (Å²) in [6.45, 7) is 7.15. The van der Waals surface area contributed by atoms with Crippen LogP contribution in [0.2, 0.25) is 5.02 Å². The van der Waals surface area contributed by atoms with Crippen molar-refractivity contribution in [1.29, 1.82) is 0 Å². The smallest absolute Gasteiger partial charge is 0.250 e. The van der Waals surface area contributed by atoms with Crippen LogP contribution in [-0.4, -0.2) is 40.1 Å². The molecule has 1 spiro atoms. The van der Waals surface area contributed by atoms with Crippen LogP contribution in [0.25, 0.3) is 0 Å². The zero-order valence-corrected chi connectivity index (χ0v) is 18.1. The normalized spacial score (nSPS) is 30.1. The number of benzene rings is 1. The van der Waals surface area contributed by atoms with Gasteiger partial charge in [-0.1, -0.05) is 17.7 Å². The van der Waals surface area contributed by atoms with Crippen LogP contribution in [0, 0.1) is 18.8 Å². The summed E-state index contributed by atoms with van der Waals surface area (Å²) in [6, 6.07) is 2.87. The van der Waals surface area contributed by atoms with E-state index in [4.69, 9.17) is 17.3 Å². The lowest BCUT2D eigenvalue weighted by molar-refractivity contribution is -0.148. The van der Waals surface area contributed by atoms with Gasteiger partial charge in [-0.25, -0.2) is 0 Å². The Labute approximate surface area is 179 Å². The minimum absolute atomic E-state index is 0.0437. The van der Waals surface area contributed by atoms with E-state index in [9.17, 15) is 19.2 Å². The van der Waals surface area contributed by atoms with Gasteiger partial charge in [-0.2, -0.15) is 0 Å². The van der Waals surface area contributed by atoms with E-state index in [0.29, 0.717) is 21.8 Å². The summed E-state index contributed by atoms with van der Waals surface area (Å²) in [5.41, 5.74) is 5.05. The number of imide groups is 1. The van der Waals surface area contributed by atoms with Crippen LogP contribution in [0.1, 0.15) is 44.7 Å². The van der Waals surface area contributed by atoms with Crippen molar-refractivity contribution in [2.45, 2.75) is 57.7 Å². The Morgan fingerprint density at radius 2 is 1.90 bits per heavy atom. The number of carbonyl (C=O) groups excluding carboxylic acids is 4. The molecule has 4 unspecified atom stereocenters. The number of nitrogens with one attached hydrogen (secondary N) is 2. The van der Waals surface area contributed by atoms with Crippen molar-refractivity contribution in [2.75, 3.05) is 5.32 Å². The molecule has 4 N–H and O–H groups in total. The summed E-state index contributed by atoms with van der Waals surface area (Å²) < 4.78 is 0. The van der Waals surface area contributed by atoms with Crippen LogP contribution in [-0.2, 0) is 24.7 Å². The van der Waals surface area contributed by atoms with Gasteiger partial charge in [0.1, 0.15) is 5.54 Å². The number of carbonyl (C=O) groups is 4. The Hall–Kier alpha value is -2.45. The number of amides is 4. The first kappa shape index (κ1) is 20.8. The van der Waals surface area contributed by atoms with E-state index >= 15 is 0 Å². The summed E-state index contributed by atoms with van der Waals surface area (Å²) in [5.74, 6) is -3.29. The number of primary amides is 1. The first-order valence-electron chi connectivity index (χ1n) is 9.96. The molecule has 0 bridgehead atoms. The highest BCUT2D eigenvalue weighted by molar-refractivity contribution is 6.32. The van der Waals surface area contributed by atoms with Crippen LogP contribution < -0.4 is 16.4 Å². The van der Waals surface area contributed by atoms with E-state index in [0.717, 1.165) is 0 Å². The largest absolute Gasteiger partial charge is 0.370 e. The van der Waals surface area contributed by atoms with Crippen molar-refractivity contribution >= 4 is 40.9 Å². The third kappa shape index (κ3) is 2.63. The minimum Gasteiger partial charge on any atom is -0.370 e. The fourth-order valence-electron chi connectivity index (χ4n) is 5.20. The van der Waals surface area contributed by atoms with Crippen molar-refractivity contribution in [3.63, 3.8) is 0 Å². The Balaban J connectivity index is 1.89. The van der Waals surface area contributed by atoms with Crippen LogP contribution in [0.4, 0.5) is 5.69 Å². The number of anilines is 1. The second-order valence-corrected chi connectivity index (χ2v) is 9.71. The second-order valence-electron chi connectivity index (χ2n) is 9.30. The lowest BCUT2D eigenvalue weighted by Gasteiger charge is -2.34. The Morgan fingerprint density at radius 3 is 2.50 bits per heavy atom. The number of halogens is 1. The molecule has 1 aromatic carbocycles. The number of rotatable bonds is 3. The van der Waals surface area contributed by atoms with Crippen molar-refractivity contribution < 1.29 is 19.2 Å². The molecular formula is C21H25ClN4O4. The predicted molar refractivity (Wildman–Crippen MR) is 110 cm³/mol. The van der Waals surface area contributed by atoms with Gasteiger partial charge in [0.05, 0.1) is 17.5 Å². The number of nitrogens with two attached hydrogens (primary N) is 1. The van der Waals surface area contributed by atoms with Crippen LogP contribution in [0.5, 0.6) is 0 Å². The fourth-order valence-corrected chi connectivity index (χ4v) is 5.35. The third-order valence-corrected chi connectivity index (χ3v) is 6.87. The highest BCUT2D eigenvalue weighted by atomic mass is 35.5. The van der Waals surface area contributed by atoms with Crippen molar-refractivity contribution in [1.82, 2.24) is 10.2 Å². The average Bonchev–Trinajstić information content (AvgIpc) is 3.21.